The maximum Gasteiger partial charge on any atom is 0.257 e. The number of carbonyl (C=O) groups excluding carboxylic acids is 1. The Bertz CT molecular complexity index is 435. The van der Waals surface area contributed by atoms with Crippen molar-refractivity contribution in [3.63, 3.8) is 0 Å². The smallest absolute Gasteiger partial charge is 0.257 e. The summed E-state index contributed by atoms with van der Waals surface area (Å²) in [6.45, 7) is 5.08. The summed E-state index contributed by atoms with van der Waals surface area (Å²) in [5.74, 6) is -2.39. The SMILES string of the molecule is COCCN(CC(C)C)C(=O)c1cccc(F)c1F. The van der Waals surface area contributed by atoms with Crippen molar-refractivity contribution >= 4 is 5.91 Å². The highest BCUT2D eigenvalue weighted by molar-refractivity contribution is 5.94. The number of rotatable bonds is 6. The van der Waals surface area contributed by atoms with Gasteiger partial charge < -0.3 is 9.64 Å². The molecule has 1 amide bonds. The fourth-order valence-corrected chi connectivity index (χ4v) is 1.76. The third kappa shape index (κ3) is 4.28. The van der Waals surface area contributed by atoms with E-state index < -0.39 is 17.5 Å². The van der Waals surface area contributed by atoms with Crippen LogP contribution in [0.25, 0.3) is 0 Å². The average molecular weight is 271 g/mol. The van der Waals surface area contributed by atoms with E-state index in [0.717, 1.165) is 6.07 Å². The maximum absolute atomic E-state index is 13.6. The number of hydrogen-bond acceptors (Lipinski definition) is 2. The van der Waals surface area contributed by atoms with E-state index in [2.05, 4.69) is 0 Å². The van der Waals surface area contributed by atoms with Gasteiger partial charge in [0.1, 0.15) is 0 Å². The van der Waals surface area contributed by atoms with E-state index in [-0.39, 0.29) is 11.5 Å². The van der Waals surface area contributed by atoms with Crippen LogP contribution in [0.3, 0.4) is 0 Å². The first-order valence-corrected chi connectivity index (χ1v) is 6.19. The molecule has 1 aromatic rings. The molecule has 1 aromatic carbocycles. The molecule has 106 valence electrons. The Labute approximate surface area is 112 Å². The van der Waals surface area contributed by atoms with Crippen LogP contribution in [0, 0.1) is 17.6 Å². The number of methoxy groups -OCH3 is 1. The molecule has 1 rings (SSSR count). The largest absolute Gasteiger partial charge is 0.383 e. The van der Waals surface area contributed by atoms with Crippen molar-refractivity contribution in [1.29, 1.82) is 0 Å². The molecule has 5 heteroatoms. The molecule has 0 spiro atoms. The molecule has 0 aromatic heterocycles. The molecular weight excluding hydrogens is 252 g/mol. The Kier molecular flexibility index (Phi) is 5.89. The number of carbonyl (C=O) groups is 1. The molecule has 0 N–H and O–H groups in total. The summed E-state index contributed by atoms with van der Waals surface area (Å²) in [6, 6.07) is 3.62. The Morgan fingerprint density at radius 3 is 2.63 bits per heavy atom. The highest BCUT2D eigenvalue weighted by Gasteiger charge is 2.21. The molecule has 0 saturated heterocycles. The van der Waals surface area contributed by atoms with Gasteiger partial charge in [0, 0.05) is 20.2 Å². The van der Waals surface area contributed by atoms with E-state index in [1.807, 2.05) is 13.8 Å². The highest BCUT2D eigenvalue weighted by Crippen LogP contribution is 2.14. The molecule has 0 atom stereocenters. The highest BCUT2D eigenvalue weighted by atomic mass is 19.2. The quantitative estimate of drug-likeness (QED) is 0.796. The van der Waals surface area contributed by atoms with Crippen molar-refractivity contribution in [2.75, 3.05) is 26.8 Å². The van der Waals surface area contributed by atoms with E-state index in [1.165, 1.54) is 24.1 Å². The van der Waals surface area contributed by atoms with Crippen LogP contribution in [0.15, 0.2) is 18.2 Å². The van der Waals surface area contributed by atoms with Crippen LogP contribution in [-0.4, -0.2) is 37.6 Å². The molecule has 0 aliphatic heterocycles. The van der Waals surface area contributed by atoms with Crippen molar-refractivity contribution in [2.24, 2.45) is 5.92 Å². The first kappa shape index (κ1) is 15.6. The summed E-state index contributed by atoms with van der Waals surface area (Å²) in [7, 11) is 1.53. The zero-order chi connectivity index (χ0) is 14.4. The van der Waals surface area contributed by atoms with Crippen LogP contribution in [0.4, 0.5) is 8.78 Å². The number of ether oxygens (including phenoxy) is 1. The number of hydrogen-bond donors (Lipinski definition) is 0. The van der Waals surface area contributed by atoms with Gasteiger partial charge in [0.05, 0.1) is 12.2 Å². The summed E-state index contributed by atoms with van der Waals surface area (Å²) >= 11 is 0. The Morgan fingerprint density at radius 2 is 2.05 bits per heavy atom. The molecular formula is C14H19F2NO2. The third-order valence-electron chi connectivity index (χ3n) is 2.62. The monoisotopic (exact) mass is 271 g/mol. The van der Waals surface area contributed by atoms with Gasteiger partial charge in [-0.1, -0.05) is 19.9 Å². The van der Waals surface area contributed by atoms with Crippen molar-refractivity contribution in [1.82, 2.24) is 4.90 Å². The van der Waals surface area contributed by atoms with Crippen LogP contribution in [0.5, 0.6) is 0 Å². The molecule has 3 nitrogen and oxygen atoms in total. The van der Waals surface area contributed by atoms with Crippen molar-refractivity contribution in [3.8, 4) is 0 Å². The van der Waals surface area contributed by atoms with E-state index >= 15 is 0 Å². The van der Waals surface area contributed by atoms with Crippen LogP contribution < -0.4 is 0 Å². The van der Waals surface area contributed by atoms with E-state index in [1.54, 1.807) is 0 Å². The van der Waals surface area contributed by atoms with E-state index in [4.69, 9.17) is 4.74 Å². The van der Waals surface area contributed by atoms with Gasteiger partial charge >= 0.3 is 0 Å². The predicted octanol–water partition coefficient (Wildman–Crippen LogP) is 2.71. The van der Waals surface area contributed by atoms with E-state index in [9.17, 15) is 13.6 Å². The van der Waals surface area contributed by atoms with Gasteiger partial charge in [0.25, 0.3) is 5.91 Å². The first-order chi connectivity index (χ1) is 8.97. The number of halogens is 2. The van der Waals surface area contributed by atoms with Crippen LogP contribution in [0.1, 0.15) is 24.2 Å². The molecule has 0 fully saturated rings. The fourth-order valence-electron chi connectivity index (χ4n) is 1.76. The molecule has 0 bridgehead atoms. The van der Waals surface area contributed by atoms with Crippen LogP contribution in [-0.2, 0) is 4.74 Å². The second kappa shape index (κ2) is 7.19. The summed E-state index contributed by atoms with van der Waals surface area (Å²) in [5.41, 5.74) is -0.239. The Hall–Kier alpha value is -1.49. The number of amides is 1. The topological polar surface area (TPSA) is 29.5 Å². The van der Waals surface area contributed by atoms with Gasteiger partial charge in [-0.2, -0.15) is 0 Å². The van der Waals surface area contributed by atoms with Gasteiger partial charge in [0.15, 0.2) is 11.6 Å². The minimum Gasteiger partial charge on any atom is -0.383 e. The molecule has 0 radical (unpaired) electrons. The van der Waals surface area contributed by atoms with Crippen LogP contribution >= 0.6 is 0 Å². The van der Waals surface area contributed by atoms with Gasteiger partial charge in [-0.25, -0.2) is 8.78 Å². The van der Waals surface area contributed by atoms with Gasteiger partial charge in [-0.15, -0.1) is 0 Å². The Balaban J connectivity index is 2.94. The van der Waals surface area contributed by atoms with Gasteiger partial charge in [-0.3, -0.25) is 4.79 Å². The summed E-state index contributed by atoms with van der Waals surface area (Å²) in [4.78, 5) is 13.7. The molecule has 19 heavy (non-hydrogen) atoms. The molecule has 0 saturated carbocycles. The van der Waals surface area contributed by atoms with Crippen molar-refractivity contribution < 1.29 is 18.3 Å². The maximum atomic E-state index is 13.6. The average Bonchev–Trinajstić information content (AvgIpc) is 2.36. The second-order valence-corrected chi connectivity index (χ2v) is 4.74. The predicted molar refractivity (Wildman–Crippen MR) is 69.0 cm³/mol. The molecule has 0 heterocycles. The Morgan fingerprint density at radius 1 is 1.37 bits per heavy atom. The number of benzene rings is 1. The van der Waals surface area contributed by atoms with Gasteiger partial charge in [-0.05, 0) is 18.1 Å². The molecule has 0 aliphatic carbocycles. The normalized spacial score (nSPS) is 10.8. The zero-order valence-electron chi connectivity index (χ0n) is 11.5. The second-order valence-electron chi connectivity index (χ2n) is 4.74. The minimum atomic E-state index is -1.10. The summed E-state index contributed by atoms with van der Waals surface area (Å²) < 4.78 is 31.7. The van der Waals surface area contributed by atoms with Gasteiger partial charge in [0.2, 0.25) is 0 Å². The third-order valence-corrected chi connectivity index (χ3v) is 2.62. The van der Waals surface area contributed by atoms with Crippen LogP contribution in [0.2, 0.25) is 0 Å². The number of nitrogens with zero attached hydrogens (tertiary/aromatic N) is 1. The standard InChI is InChI=1S/C14H19F2NO2/c1-10(2)9-17(7-8-19-3)14(18)11-5-4-6-12(15)13(11)16/h4-6,10H,7-9H2,1-3H3. The first-order valence-electron chi connectivity index (χ1n) is 6.19. The minimum absolute atomic E-state index is 0.234. The lowest BCUT2D eigenvalue weighted by Crippen LogP contribution is -2.37. The lowest BCUT2D eigenvalue weighted by atomic mass is 10.1. The zero-order valence-corrected chi connectivity index (χ0v) is 11.5. The lowest BCUT2D eigenvalue weighted by molar-refractivity contribution is 0.0666. The molecule has 0 aliphatic rings. The summed E-state index contributed by atoms with van der Waals surface area (Å²) in [6.07, 6.45) is 0. The lowest BCUT2D eigenvalue weighted by Gasteiger charge is -2.24. The van der Waals surface area contributed by atoms with Crippen molar-refractivity contribution in [2.45, 2.75) is 13.8 Å². The van der Waals surface area contributed by atoms with E-state index in [0.29, 0.717) is 19.7 Å². The fraction of sp³-hybridized carbons (Fsp3) is 0.500. The summed E-state index contributed by atoms with van der Waals surface area (Å²) in [5, 5.41) is 0. The molecule has 0 unspecified atom stereocenters. The van der Waals surface area contributed by atoms with Crippen molar-refractivity contribution in [3.05, 3.63) is 35.4 Å².